The lowest BCUT2D eigenvalue weighted by molar-refractivity contribution is 0.0939. The Hall–Kier alpha value is -1.65. The number of halogens is 1. The predicted octanol–water partition coefficient (Wildman–Crippen LogP) is 5.17. The summed E-state index contributed by atoms with van der Waals surface area (Å²) >= 11 is 7.59. The number of thioether (sulfide) groups is 1. The number of ether oxygens (including phenoxy) is 1. The second kappa shape index (κ2) is 9.00. The van der Waals surface area contributed by atoms with Gasteiger partial charge in [0, 0.05) is 32.8 Å². The van der Waals surface area contributed by atoms with Crippen molar-refractivity contribution < 1.29 is 9.53 Å². The number of nitrogens with one attached hydrogen (secondary N) is 1. The second-order valence-corrected chi connectivity index (χ2v) is 7.04. The van der Waals surface area contributed by atoms with Crippen molar-refractivity contribution in [2.24, 2.45) is 0 Å². The highest BCUT2D eigenvalue weighted by molar-refractivity contribution is 7.98. The third-order valence-electron chi connectivity index (χ3n) is 3.74. The number of rotatable bonds is 7. The van der Waals surface area contributed by atoms with Gasteiger partial charge in [-0.1, -0.05) is 18.5 Å². The molecule has 128 valence electrons. The van der Waals surface area contributed by atoms with Crippen LogP contribution >= 0.6 is 23.4 Å². The highest BCUT2D eigenvalue weighted by Gasteiger charge is 2.12. The summed E-state index contributed by atoms with van der Waals surface area (Å²) in [6.07, 6.45) is 0.904. The van der Waals surface area contributed by atoms with E-state index in [0.717, 1.165) is 33.4 Å². The standard InChI is InChI=1S/C19H22ClNO2S/c1-4-13(2)21-19(22)14-5-10-18(23-3)15(11-14)12-24-17-8-6-16(20)7-9-17/h5-11,13H,4,12H2,1-3H3,(H,21,22). The van der Waals surface area contributed by atoms with Gasteiger partial charge < -0.3 is 10.1 Å². The molecule has 2 rings (SSSR count). The van der Waals surface area contributed by atoms with Crippen LogP contribution in [0.4, 0.5) is 0 Å². The van der Waals surface area contributed by atoms with Crippen LogP contribution in [0.2, 0.25) is 5.02 Å². The Balaban J connectivity index is 2.13. The molecule has 0 saturated heterocycles. The van der Waals surface area contributed by atoms with Gasteiger partial charge in [-0.3, -0.25) is 4.79 Å². The number of methoxy groups -OCH3 is 1. The van der Waals surface area contributed by atoms with Gasteiger partial charge in [-0.2, -0.15) is 0 Å². The summed E-state index contributed by atoms with van der Waals surface area (Å²) in [5.74, 6) is 1.45. The van der Waals surface area contributed by atoms with Gasteiger partial charge in [0.25, 0.3) is 5.91 Å². The molecule has 0 radical (unpaired) electrons. The molecule has 0 aromatic heterocycles. The van der Waals surface area contributed by atoms with Crippen LogP contribution in [0.25, 0.3) is 0 Å². The van der Waals surface area contributed by atoms with E-state index in [-0.39, 0.29) is 11.9 Å². The second-order valence-electron chi connectivity index (χ2n) is 5.55. The van der Waals surface area contributed by atoms with E-state index in [4.69, 9.17) is 16.3 Å². The molecule has 0 spiro atoms. The topological polar surface area (TPSA) is 38.3 Å². The van der Waals surface area contributed by atoms with Gasteiger partial charge in [0.2, 0.25) is 0 Å². The SMILES string of the molecule is CCC(C)NC(=O)c1ccc(OC)c(CSc2ccc(Cl)cc2)c1. The minimum Gasteiger partial charge on any atom is -0.496 e. The molecule has 0 aliphatic rings. The molecule has 5 heteroatoms. The number of hydrogen-bond donors (Lipinski definition) is 1. The van der Waals surface area contributed by atoms with Crippen LogP contribution in [-0.4, -0.2) is 19.1 Å². The average molecular weight is 364 g/mol. The van der Waals surface area contributed by atoms with Crippen molar-refractivity contribution in [1.82, 2.24) is 5.32 Å². The normalized spacial score (nSPS) is 11.8. The molecule has 0 heterocycles. The first-order chi connectivity index (χ1) is 11.5. The van der Waals surface area contributed by atoms with Crippen LogP contribution in [0.5, 0.6) is 5.75 Å². The van der Waals surface area contributed by atoms with Crippen LogP contribution in [-0.2, 0) is 5.75 Å². The Kier molecular flexibility index (Phi) is 7.00. The molecular weight excluding hydrogens is 342 g/mol. The smallest absolute Gasteiger partial charge is 0.251 e. The van der Waals surface area contributed by atoms with Crippen molar-refractivity contribution in [2.75, 3.05) is 7.11 Å². The number of carbonyl (C=O) groups is 1. The minimum atomic E-state index is -0.0512. The lowest BCUT2D eigenvalue weighted by atomic mass is 10.1. The lowest BCUT2D eigenvalue weighted by Gasteiger charge is -2.14. The third-order valence-corrected chi connectivity index (χ3v) is 5.05. The Morgan fingerprint density at radius 3 is 2.58 bits per heavy atom. The van der Waals surface area contributed by atoms with Gasteiger partial charge in [-0.25, -0.2) is 0 Å². The summed E-state index contributed by atoms with van der Waals surface area (Å²) in [4.78, 5) is 13.4. The number of carbonyl (C=O) groups excluding carboxylic acids is 1. The molecule has 2 aromatic rings. The Bertz CT molecular complexity index is 688. The van der Waals surface area contributed by atoms with Crippen molar-refractivity contribution in [3.63, 3.8) is 0 Å². The number of benzene rings is 2. The predicted molar refractivity (Wildman–Crippen MR) is 101 cm³/mol. The van der Waals surface area contributed by atoms with Gasteiger partial charge in [-0.15, -0.1) is 11.8 Å². The van der Waals surface area contributed by atoms with E-state index in [0.29, 0.717) is 5.56 Å². The molecule has 2 aromatic carbocycles. The van der Waals surface area contributed by atoms with Crippen LogP contribution in [0.3, 0.4) is 0 Å². The molecular formula is C19H22ClNO2S. The largest absolute Gasteiger partial charge is 0.496 e. The van der Waals surface area contributed by atoms with E-state index in [9.17, 15) is 4.79 Å². The summed E-state index contributed by atoms with van der Waals surface area (Å²) in [5, 5.41) is 3.71. The first kappa shape index (κ1) is 18.7. The summed E-state index contributed by atoms with van der Waals surface area (Å²) in [6, 6.07) is 13.4. The highest BCUT2D eigenvalue weighted by atomic mass is 35.5. The highest BCUT2D eigenvalue weighted by Crippen LogP contribution is 2.29. The first-order valence-corrected chi connectivity index (χ1v) is 9.26. The van der Waals surface area contributed by atoms with E-state index in [1.54, 1.807) is 24.9 Å². The van der Waals surface area contributed by atoms with Gasteiger partial charge in [0.15, 0.2) is 0 Å². The molecule has 0 aliphatic heterocycles. The van der Waals surface area contributed by atoms with E-state index >= 15 is 0 Å². The fourth-order valence-electron chi connectivity index (χ4n) is 2.13. The van der Waals surface area contributed by atoms with Gasteiger partial charge in [0.1, 0.15) is 5.75 Å². The van der Waals surface area contributed by atoms with E-state index < -0.39 is 0 Å². The van der Waals surface area contributed by atoms with E-state index in [1.165, 1.54) is 0 Å². The van der Waals surface area contributed by atoms with Crippen LogP contribution < -0.4 is 10.1 Å². The molecule has 1 amide bonds. The van der Waals surface area contributed by atoms with Crippen molar-refractivity contribution in [1.29, 1.82) is 0 Å². The fourth-order valence-corrected chi connectivity index (χ4v) is 3.14. The van der Waals surface area contributed by atoms with E-state index in [1.807, 2.05) is 50.2 Å². The Morgan fingerprint density at radius 2 is 1.96 bits per heavy atom. The van der Waals surface area contributed by atoms with Crippen molar-refractivity contribution in [3.05, 3.63) is 58.6 Å². The van der Waals surface area contributed by atoms with Crippen molar-refractivity contribution in [3.8, 4) is 5.75 Å². The van der Waals surface area contributed by atoms with Gasteiger partial charge in [-0.05, 0) is 55.8 Å². The fraction of sp³-hybridized carbons (Fsp3) is 0.316. The van der Waals surface area contributed by atoms with Gasteiger partial charge in [0.05, 0.1) is 7.11 Å². The minimum absolute atomic E-state index is 0.0512. The Morgan fingerprint density at radius 1 is 1.25 bits per heavy atom. The summed E-state index contributed by atoms with van der Waals surface area (Å²) in [7, 11) is 1.64. The summed E-state index contributed by atoms with van der Waals surface area (Å²) in [6.45, 7) is 4.05. The zero-order valence-corrected chi connectivity index (χ0v) is 15.7. The molecule has 1 unspecified atom stereocenters. The third kappa shape index (κ3) is 5.18. The molecule has 24 heavy (non-hydrogen) atoms. The zero-order valence-electron chi connectivity index (χ0n) is 14.1. The maximum absolute atomic E-state index is 12.3. The zero-order chi connectivity index (χ0) is 17.5. The summed E-state index contributed by atoms with van der Waals surface area (Å²) in [5.41, 5.74) is 1.65. The maximum atomic E-state index is 12.3. The molecule has 0 bridgehead atoms. The van der Waals surface area contributed by atoms with E-state index in [2.05, 4.69) is 5.32 Å². The number of amides is 1. The average Bonchev–Trinajstić information content (AvgIpc) is 2.60. The Labute approximate surface area is 152 Å². The molecule has 3 nitrogen and oxygen atoms in total. The first-order valence-electron chi connectivity index (χ1n) is 7.89. The lowest BCUT2D eigenvalue weighted by Crippen LogP contribution is -2.31. The summed E-state index contributed by atoms with van der Waals surface area (Å²) < 4.78 is 5.42. The van der Waals surface area contributed by atoms with Crippen LogP contribution in [0, 0.1) is 0 Å². The van der Waals surface area contributed by atoms with Crippen LogP contribution in [0.15, 0.2) is 47.4 Å². The molecule has 0 saturated carbocycles. The molecule has 0 fully saturated rings. The quantitative estimate of drug-likeness (QED) is 0.689. The number of hydrogen-bond acceptors (Lipinski definition) is 3. The van der Waals surface area contributed by atoms with Gasteiger partial charge >= 0.3 is 0 Å². The van der Waals surface area contributed by atoms with Crippen molar-refractivity contribution in [2.45, 2.75) is 37.0 Å². The molecule has 1 atom stereocenters. The maximum Gasteiger partial charge on any atom is 0.251 e. The van der Waals surface area contributed by atoms with Crippen LogP contribution in [0.1, 0.15) is 36.2 Å². The molecule has 1 N–H and O–H groups in total. The monoisotopic (exact) mass is 363 g/mol. The van der Waals surface area contributed by atoms with Crippen molar-refractivity contribution >= 4 is 29.3 Å². The molecule has 0 aliphatic carbocycles.